The van der Waals surface area contributed by atoms with Crippen LogP contribution >= 0.6 is 0 Å². The van der Waals surface area contributed by atoms with Crippen LogP contribution in [0, 0.1) is 11.8 Å². The van der Waals surface area contributed by atoms with E-state index >= 15 is 0 Å². The lowest BCUT2D eigenvalue weighted by molar-refractivity contribution is 0.399. The SMILES string of the molecule is COc1nc(N2CCNCC2)ccc1Nc1ncc2c(n1)N1CCN=C1C(C#Cc1cccnc1)=C2. The van der Waals surface area contributed by atoms with Gasteiger partial charge in [0.1, 0.15) is 23.2 Å². The maximum atomic E-state index is 5.58. The lowest BCUT2D eigenvalue weighted by Gasteiger charge is -2.28. The summed E-state index contributed by atoms with van der Waals surface area (Å²) in [6.45, 7) is 5.16. The first-order valence-electron chi connectivity index (χ1n) is 11.9. The molecule has 0 radical (unpaired) electrons. The number of hydrogen-bond acceptors (Lipinski definition) is 10. The smallest absolute Gasteiger partial charge is 0.239 e. The zero-order valence-electron chi connectivity index (χ0n) is 19.9. The highest BCUT2D eigenvalue weighted by Crippen LogP contribution is 2.33. The van der Waals surface area contributed by atoms with Crippen molar-refractivity contribution >= 4 is 35.2 Å². The van der Waals surface area contributed by atoms with Gasteiger partial charge in [0.25, 0.3) is 0 Å². The molecule has 36 heavy (non-hydrogen) atoms. The van der Waals surface area contributed by atoms with Crippen molar-refractivity contribution in [1.82, 2.24) is 25.3 Å². The average Bonchev–Trinajstić information content (AvgIpc) is 3.44. The molecule has 3 aliphatic rings. The predicted molar refractivity (Wildman–Crippen MR) is 140 cm³/mol. The summed E-state index contributed by atoms with van der Waals surface area (Å²) in [5, 5.41) is 6.64. The zero-order valence-corrected chi connectivity index (χ0v) is 19.9. The first-order valence-corrected chi connectivity index (χ1v) is 11.9. The predicted octanol–water partition coefficient (Wildman–Crippen LogP) is 2.10. The average molecular weight is 480 g/mol. The van der Waals surface area contributed by atoms with Crippen LogP contribution in [-0.2, 0) is 0 Å². The number of ether oxygens (including phenoxy) is 1. The van der Waals surface area contributed by atoms with Gasteiger partial charge in [-0.2, -0.15) is 9.97 Å². The van der Waals surface area contributed by atoms with Gasteiger partial charge in [-0.15, -0.1) is 0 Å². The molecule has 0 saturated carbocycles. The van der Waals surface area contributed by atoms with Gasteiger partial charge in [-0.3, -0.25) is 9.98 Å². The number of fused-ring (bicyclic) bond motifs is 3. The van der Waals surface area contributed by atoms with Crippen LogP contribution in [0.1, 0.15) is 11.1 Å². The van der Waals surface area contributed by atoms with E-state index in [1.54, 1.807) is 25.7 Å². The second-order valence-electron chi connectivity index (χ2n) is 8.47. The normalized spacial score (nSPS) is 16.2. The van der Waals surface area contributed by atoms with Gasteiger partial charge in [-0.25, -0.2) is 4.98 Å². The van der Waals surface area contributed by atoms with E-state index in [2.05, 4.69) is 47.2 Å². The van der Waals surface area contributed by atoms with Crippen LogP contribution in [-0.4, -0.2) is 72.1 Å². The number of methoxy groups -OCH3 is 1. The van der Waals surface area contributed by atoms with Crippen molar-refractivity contribution in [3.63, 3.8) is 0 Å². The number of piperazine rings is 1. The highest BCUT2D eigenvalue weighted by molar-refractivity contribution is 6.19. The number of nitrogens with zero attached hydrogens (tertiary/aromatic N) is 7. The maximum Gasteiger partial charge on any atom is 0.239 e. The van der Waals surface area contributed by atoms with Crippen LogP contribution in [0.3, 0.4) is 0 Å². The van der Waals surface area contributed by atoms with Gasteiger partial charge >= 0.3 is 0 Å². The summed E-state index contributed by atoms with van der Waals surface area (Å²) in [6, 6.07) is 7.77. The van der Waals surface area contributed by atoms with Gasteiger partial charge < -0.3 is 25.2 Å². The summed E-state index contributed by atoms with van der Waals surface area (Å²) in [4.78, 5) is 27.2. The number of aromatic nitrogens is 4. The quantitative estimate of drug-likeness (QED) is 0.545. The van der Waals surface area contributed by atoms with Crippen LogP contribution in [0.5, 0.6) is 5.88 Å². The molecule has 10 nitrogen and oxygen atoms in total. The first-order chi connectivity index (χ1) is 17.8. The minimum atomic E-state index is 0.466. The van der Waals surface area contributed by atoms with Crippen LogP contribution < -0.4 is 25.2 Å². The minimum Gasteiger partial charge on any atom is -0.479 e. The third-order valence-electron chi connectivity index (χ3n) is 6.16. The van der Waals surface area contributed by atoms with Crippen molar-refractivity contribution in [2.45, 2.75) is 0 Å². The highest BCUT2D eigenvalue weighted by Gasteiger charge is 2.29. The lowest BCUT2D eigenvalue weighted by Crippen LogP contribution is -2.43. The van der Waals surface area contributed by atoms with E-state index in [9.17, 15) is 0 Å². The number of aliphatic imine (C=N–C) groups is 1. The van der Waals surface area contributed by atoms with Crippen molar-refractivity contribution in [2.24, 2.45) is 4.99 Å². The number of nitrogens with one attached hydrogen (secondary N) is 2. The molecule has 2 N–H and O–H groups in total. The summed E-state index contributed by atoms with van der Waals surface area (Å²) in [6.07, 6.45) is 7.28. The van der Waals surface area contributed by atoms with Crippen molar-refractivity contribution in [3.8, 4) is 17.7 Å². The Balaban J connectivity index is 1.27. The van der Waals surface area contributed by atoms with E-state index in [0.29, 0.717) is 24.1 Å². The van der Waals surface area contributed by atoms with E-state index in [-0.39, 0.29) is 0 Å². The monoisotopic (exact) mass is 479 g/mol. The Morgan fingerprint density at radius 2 is 1.97 bits per heavy atom. The maximum absolute atomic E-state index is 5.58. The fourth-order valence-corrected chi connectivity index (χ4v) is 4.40. The Kier molecular flexibility index (Phi) is 5.89. The van der Waals surface area contributed by atoms with Gasteiger partial charge in [0.2, 0.25) is 11.8 Å². The molecule has 3 aromatic rings. The third kappa shape index (κ3) is 4.32. The molecule has 0 bridgehead atoms. The number of pyridine rings is 2. The fraction of sp³-hybridized carbons (Fsp3) is 0.269. The van der Waals surface area contributed by atoms with Gasteiger partial charge in [-0.05, 0) is 30.3 Å². The second kappa shape index (κ2) is 9.64. The molecule has 0 atom stereocenters. The molecule has 0 spiro atoms. The number of hydrogen-bond donors (Lipinski definition) is 2. The first kappa shape index (κ1) is 22.0. The third-order valence-corrected chi connectivity index (χ3v) is 6.16. The van der Waals surface area contributed by atoms with Gasteiger partial charge in [0.05, 0.1) is 19.2 Å². The number of amidine groups is 1. The van der Waals surface area contributed by atoms with E-state index in [4.69, 9.17) is 14.7 Å². The Bertz CT molecular complexity index is 1400. The van der Waals surface area contributed by atoms with Crippen molar-refractivity contribution < 1.29 is 4.74 Å². The standard InChI is InChI=1S/C26H25N9O/c1-36-25-21(6-7-22(32-25)34-12-9-27-10-13-34)31-26-30-17-20-15-19(5-4-18-3-2-8-28-16-18)23-29-11-14-35(23)24(20)33-26/h2-3,6-8,15-17,27H,9-14H2,1H3,(H,30,31,33). The molecule has 0 unspecified atom stereocenters. The Morgan fingerprint density at radius 1 is 1.06 bits per heavy atom. The van der Waals surface area contributed by atoms with E-state index in [1.165, 1.54) is 0 Å². The minimum absolute atomic E-state index is 0.466. The molecular formula is C26H25N9O. The molecule has 1 fully saturated rings. The lowest BCUT2D eigenvalue weighted by atomic mass is 10.1. The molecule has 10 heteroatoms. The summed E-state index contributed by atoms with van der Waals surface area (Å²) < 4.78 is 5.58. The van der Waals surface area contributed by atoms with Crippen LogP contribution in [0.25, 0.3) is 6.08 Å². The molecule has 0 amide bonds. The van der Waals surface area contributed by atoms with Gasteiger partial charge in [0.15, 0.2) is 0 Å². The number of rotatable bonds is 4. The van der Waals surface area contributed by atoms with E-state index in [0.717, 1.165) is 66.9 Å². The molecule has 0 aromatic carbocycles. The molecule has 180 valence electrons. The number of anilines is 4. The summed E-state index contributed by atoms with van der Waals surface area (Å²) in [5.41, 5.74) is 3.32. The Labute approximate surface area is 209 Å². The van der Waals surface area contributed by atoms with E-state index < -0.39 is 0 Å². The topological polar surface area (TPSA) is 104 Å². The fourth-order valence-electron chi connectivity index (χ4n) is 4.40. The van der Waals surface area contributed by atoms with Crippen molar-refractivity contribution in [1.29, 1.82) is 0 Å². The molecule has 3 aliphatic heterocycles. The highest BCUT2D eigenvalue weighted by atomic mass is 16.5. The molecule has 0 aliphatic carbocycles. The van der Waals surface area contributed by atoms with Crippen LogP contribution in [0.4, 0.5) is 23.3 Å². The van der Waals surface area contributed by atoms with Crippen LogP contribution in [0.15, 0.2) is 53.4 Å². The van der Waals surface area contributed by atoms with Gasteiger partial charge in [0, 0.05) is 62.4 Å². The second-order valence-corrected chi connectivity index (χ2v) is 8.47. The van der Waals surface area contributed by atoms with Crippen molar-refractivity contribution in [3.05, 3.63) is 59.6 Å². The summed E-state index contributed by atoms with van der Waals surface area (Å²) in [7, 11) is 1.62. The molecular weight excluding hydrogens is 454 g/mol. The van der Waals surface area contributed by atoms with Gasteiger partial charge in [-0.1, -0.05) is 11.8 Å². The largest absolute Gasteiger partial charge is 0.479 e. The molecule has 1 saturated heterocycles. The molecule has 6 heterocycles. The molecule has 3 aromatic heterocycles. The van der Waals surface area contributed by atoms with Crippen LogP contribution in [0.2, 0.25) is 0 Å². The molecule has 6 rings (SSSR count). The summed E-state index contributed by atoms with van der Waals surface area (Å²) in [5.74, 6) is 9.93. The van der Waals surface area contributed by atoms with E-state index in [1.807, 2.05) is 30.3 Å². The summed E-state index contributed by atoms with van der Waals surface area (Å²) >= 11 is 0. The Morgan fingerprint density at radius 3 is 2.81 bits per heavy atom. The zero-order chi connectivity index (χ0) is 24.3. The Hall–Kier alpha value is -4.49. The van der Waals surface area contributed by atoms with Crippen molar-refractivity contribution in [2.75, 3.05) is 61.5 Å².